The van der Waals surface area contributed by atoms with Crippen LogP contribution in [0.15, 0.2) is 47.5 Å². The third-order valence-corrected chi connectivity index (χ3v) is 5.63. The number of nitrogens with zero attached hydrogens (tertiary/aromatic N) is 2. The summed E-state index contributed by atoms with van der Waals surface area (Å²) in [4.78, 5) is 30.0. The van der Waals surface area contributed by atoms with Crippen LogP contribution in [0.3, 0.4) is 0 Å². The van der Waals surface area contributed by atoms with E-state index in [-0.39, 0.29) is 12.4 Å². The van der Waals surface area contributed by atoms with Crippen molar-refractivity contribution >= 4 is 35.1 Å². The van der Waals surface area contributed by atoms with Gasteiger partial charge in [0.05, 0.1) is 6.54 Å². The molecule has 0 bridgehead atoms. The minimum atomic E-state index is -1.07. The molecule has 9 heteroatoms. The van der Waals surface area contributed by atoms with Crippen LogP contribution in [0.4, 0.5) is 5.69 Å². The normalized spacial score (nSPS) is 15.3. The Morgan fingerprint density at radius 2 is 1.81 bits per heavy atom. The van der Waals surface area contributed by atoms with Gasteiger partial charge in [-0.1, -0.05) is 29.8 Å². The number of hydrogen-bond acceptors (Lipinski definition) is 5. The first-order valence-corrected chi connectivity index (χ1v) is 10.9. The smallest absolute Gasteiger partial charge is 0.320 e. The van der Waals surface area contributed by atoms with E-state index in [1.807, 2.05) is 18.2 Å². The summed E-state index contributed by atoms with van der Waals surface area (Å²) in [6.07, 6.45) is 3.71. The Balaban J connectivity index is 1.62. The van der Waals surface area contributed by atoms with Crippen LogP contribution in [0.25, 0.3) is 0 Å². The number of benzene rings is 2. The third-order valence-electron chi connectivity index (χ3n) is 5.39. The standard InChI is InChI=1S/C23H28ClN5O3/c24-18-9-8-17(20(13-18)29-10-2-1-3-11-29)14-27-23(26)28-21(30)16-6-4-15(5-7-16)12-19(25)22(31)32/h4-9,13,19H,1-3,10-12,14,25H2,(H,31,32)(H3,26,27,28,30)/t19-/m0/s1. The molecule has 1 atom stereocenters. The van der Waals surface area contributed by atoms with Crippen LogP contribution in [-0.2, 0) is 17.8 Å². The second-order valence-electron chi connectivity index (χ2n) is 7.82. The molecule has 2 aromatic rings. The number of rotatable bonds is 7. The number of carbonyl (C=O) groups excluding carboxylic acids is 1. The van der Waals surface area contributed by atoms with Gasteiger partial charge in [-0.25, -0.2) is 4.99 Å². The summed E-state index contributed by atoms with van der Waals surface area (Å²) in [6.45, 7) is 2.29. The fourth-order valence-electron chi connectivity index (χ4n) is 3.63. The van der Waals surface area contributed by atoms with Crippen molar-refractivity contribution in [1.82, 2.24) is 5.32 Å². The largest absolute Gasteiger partial charge is 0.480 e. The van der Waals surface area contributed by atoms with Crippen molar-refractivity contribution in [3.05, 3.63) is 64.2 Å². The molecule has 0 spiro atoms. The highest BCUT2D eigenvalue weighted by Crippen LogP contribution is 2.28. The molecule has 1 saturated heterocycles. The first-order valence-electron chi connectivity index (χ1n) is 10.6. The molecule has 6 N–H and O–H groups in total. The second kappa shape index (κ2) is 11.0. The average Bonchev–Trinajstić information content (AvgIpc) is 2.79. The van der Waals surface area contributed by atoms with Gasteiger partial charge in [-0.2, -0.15) is 0 Å². The quantitative estimate of drug-likeness (QED) is 0.373. The molecule has 1 aliphatic rings. The number of guanidine groups is 1. The van der Waals surface area contributed by atoms with Crippen molar-refractivity contribution in [2.75, 3.05) is 18.0 Å². The lowest BCUT2D eigenvalue weighted by atomic mass is 10.0. The summed E-state index contributed by atoms with van der Waals surface area (Å²) in [5.74, 6) is -1.45. The second-order valence-corrected chi connectivity index (χ2v) is 8.26. The number of halogens is 1. The van der Waals surface area contributed by atoms with Crippen molar-refractivity contribution < 1.29 is 14.7 Å². The number of carboxylic acids is 1. The van der Waals surface area contributed by atoms with Gasteiger partial charge in [0.1, 0.15) is 6.04 Å². The number of nitrogens with one attached hydrogen (secondary N) is 1. The van der Waals surface area contributed by atoms with Crippen molar-refractivity contribution in [2.24, 2.45) is 16.5 Å². The number of carboxylic acid groups (broad SMARTS) is 1. The van der Waals surface area contributed by atoms with Gasteiger partial charge in [0, 0.05) is 29.4 Å². The van der Waals surface area contributed by atoms with Crippen LogP contribution in [0.1, 0.15) is 40.7 Å². The molecule has 0 aliphatic carbocycles. The van der Waals surface area contributed by atoms with Crippen molar-refractivity contribution in [3.8, 4) is 0 Å². The van der Waals surface area contributed by atoms with E-state index in [0.717, 1.165) is 42.7 Å². The van der Waals surface area contributed by atoms with E-state index < -0.39 is 17.9 Å². The first-order chi connectivity index (χ1) is 15.3. The summed E-state index contributed by atoms with van der Waals surface area (Å²) < 4.78 is 0. The Labute approximate surface area is 192 Å². The minimum absolute atomic E-state index is 0.0199. The molecule has 1 heterocycles. The van der Waals surface area contributed by atoms with Crippen molar-refractivity contribution in [3.63, 3.8) is 0 Å². The van der Waals surface area contributed by atoms with E-state index in [9.17, 15) is 9.59 Å². The van der Waals surface area contributed by atoms with Gasteiger partial charge < -0.3 is 21.5 Å². The number of nitrogens with two attached hydrogens (primary N) is 2. The number of anilines is 1. The van der Waals surface area contributed by atoms with Crippen LogP contribution in [0, 0.1) is 0 Å². The molecule has 2 aromatic carbocycles. The molecule has 1 fully saturated rings. The van der Waals surface area contributed by atoms with Crippen molar-refractivity contribution in [2.45, 2.75) is 38.3 Å². The number of carbonyl (C=O) groups is 2. The predicted molar refractivity (Wildman–Crippen MR) is 126 cm³/mol. The van der Waals surface area contributed by atoms with Gasteiger partial charge in [-0.3, -0.25) is 14.9 Å². The summed E-state index contributed by atoms with van der Waals surface area (Å²) in [5.41, 5.74) is 14.6. The lowest BCUT2D eigenvalue weighted by molar-refractivity contribution is -0.138. The average molecular weight is 458 g/mol. The Bertz CT molecular complexity index is 988. The van der Waals surface area contributed by atoms with Gasteiger partial charge in [0.15, 0.2) is 5.96 Å². The summed E-state index contributed by atoms with van der Waals surface area (Å²) in [6, 6.07) is 11.3. The molecule has 8 nitrogen and oxygen atoms in total. The fourth-order valence-corrected chi connectivity index (χ4v) is 3.80. The molecule has 0 saturated carbocycles. The maximum atomic E-state index is 12.5. The Morgan fingerprint density at radius 3 is 2.47 bits per heavy atom. The van der Waals surface area contributed by atoms with Gasteiger partial charge in [0.2, 0.25) is 0 Å². The topological polar surface area (TPSA) is 134 Å². The number of hydrogen-bond donors (Lipinski definition) is 4. The van der Waals surface area contributed by atoms with Crippen LogP contribution < -0.4 is 21.7 Å². The van der Waals surface area contributed by atoms with E-state index >= 15 is 0 Å². The zero-order valence-corrected chi connectivity index (χ0v) is 18.5. The molecule has 3 rings (SSSR count). The highest BCUT2D eigenvalue weighted by Gasteiger charge is 2.16. The van der Waals surface area contributed by atoms with Crippen molar-refractivity contribution in [1.29, 1.82) is 0 Å². The van der Waals surface area contributed by atoms with Crippen LogP contribution in [0.2, 0.25) is 5.02 Å². The Hall–Kier alpha value is -3.10. The predicted octanol–water partition coefficient (Wildman–Crippen LogP) is 2.53. The molecule has 32 heavy (non-hydrogen) atoms. The lowest BCUT2D eigenvalue weighted by Gasteiger charge is -2.30. The molecule has 1 aliphatic heterocycles. The van der Waals surface area contributed by atoms with Gasteiger partial charge in [0.25, 0.3) is 5.91 Å². The fraction of sp³-hybridized carbons (Fsp3) is 0.348. The maximum Gasteiger partial charge on any atom is 0.320 e. The Kier molecular flexibility index (Phi) is 8.08. The lowest BCUT2D eigenvalue weighted by Crippen LogP contribution is -2.37. The van der Waals surface area contributed by atoms with E-state index in [0.29, 0.717) is 17.1 Å². The zero-order chi connectivity index (χ0) is 23.1. The SMILES string of the molecule is NC(=NCc1ccc(Cl)cc1N1CCCCC1)NC(=O)c1ccc(C[C@H](N)C(=O)O)cc1. The summed E-state index contributed by atoms with van der Waals surface area (Å²) in [7, 11) is 0. The van der Waals surface area contributed by atoms with Gasteiger partial charge in [-0.05, 0) is 61.1 Å². The van der Waals surface area contributed by atoms with E-state index in [2.05, 4.69) is 15.2 Å². The number of aliphatic imine (C=N–C) groups is 1. The maximum absolute atomic E-state index is 12.5. The van der Waals surface area contributed by atoms with E-state index in [1.54, 1.807) is 24.3 Å². The van der Waals surface area contributed by atoms with E-state index in [1.165, 1.54) is 6.42 Å². The number of amides is 1. The summed E-state index contributed by atoms with van der Waals surface area (Å²) >= 11 is 6.21. The number of piperidine rings is 1. The zero-order valence-electron chi connectivity index (χ0n) is 17.8. The summed E-state index contributed by atoms with van der Waals surface area (Å²) in [5, 5.41) is 12.2. The number of aliphatic carboxylic acids is 1. The van der Waals surface area contributed by atoms with Gasteiger partial charge in [-0.15, -0.1) is 0 Å². The Morgan fingerprint density at radius 1 is 1.12 bits per heavy atom. The van der Waals surface area contributed by atoms with Crippen LogP contribution >= 0.6 is 11.6 Å². The first kappa shape index (κ1) is 23.6. The monoisotopic (exact) mass is 457 g/mol. The highest BCUT2D eigenvalue weighted by atomic mass is 35.5. The molecule has 170 valence electrons. The minimum Gasteiger partial charge on any atom is -0.480 e. The van der Waals surface area contributed by atoms with Crippen LogP contribution in [-0.4, -0.2) is 42.1 Å². The molecule has 0 unspecified atom stereocenters. The van der Waals surface area contributed by atoms with E-state index in [4.69, 9.17) is 28.2 Å². The molecular weight excluding hydrogens is 430 g/mol. The van der Waals surface area contributed by atoms with Crippen LogP contribution in [0.5, 0.6) is 0 Å². The highest BCUT2D eigenvalue weighted by molar-refractivity contribution is 6.30. The molecule has 0 aromatic heterocycles. The molecule has 1 amide bonds. The molecular formula is C23H28ClN5O3. The van der Waals surface area contributed by atoms with Gasteiger partial charge >= 0.3 is 5.97 Å². The molecule has 0 radical (unpaired) electrons. The third kappa shape index (κ3) is 6.45.